The molecule has 0 aliphatic rings. The summed E-state index contributed by atoms with van der Waals surface area (Å²) >= 11 is 9.54. The molecule has 0 bridgehead atoms. The number of halogens is 2. The second-order valence-corrected chi connectivity index (χ2v) is 5.12. The molecule has 1 N–H and O–H groups in total. The van der Waals surface area contributed by atoms with Crippen LogP contribution in [0.3, 0.4) is 0 Å². The molecular weight excluding hydrogens is 300 g/mol. The van der Waals surface area contributed by atoms with Crippen molar-refractivity contribution in [2.45, 2.75) is 13.5 Å². The van der Waals surface area contributed by atoms with E-state index in [1.54, 1.807) is 6.20 Å². The van der Waals surface area contributed by atoms with E-state index in [-0.39, 0.29) is 0 Å². The van der Waals surface area contributed by atoms with Crippen molar-refractivity contribution < 1.29 is 0 Å². The smallest absolute Gasteiger partial charge is 0.0640 e. The van der Waals surface area contributed by atoms with Gasteiger partial charge in [-0.3, -0.25) is 4.98 Å². The number of hydrogen-bond donors (Lipinski definition) is 1. The average Bonchev–Trinajstić information content (AvgIpc) is 2.28. The Kier molecular flexibility index (Phi) is 4.02. The molecule has 0 atom stereocenters. The second-order valence-electron chi connectivity index (χ2n) is 3.80. The van der Waals surface area contributed by atoms with Crippen LogP contribution in [0, 0.1) is 6.92 Å². The SMILES string of the molecule is Cc1cccc(Cl)c1NCc1cncc(Br)c1. The molecule has 0 spiro atoms. The van der Waals surface area contributed by atoms with Gasteiger partial charge in [0.2, 0.25) is 0 Å². The Morgan fingerprint density at radius 1 is 1.35 bits per heavy atom. The summed E-state index contributed by atoms with van der Waals surface area (Å²) in [6.07, 6.45) is 3.61. The summed E-state index contributed by atoms with van der Waals surface area (Å²) in [4.78, 5) is 4.12. The standard InChI is InChI=1S/C13H12BrClN2/c1-9-3-2-4-12(15)13(9)17-7-10-5-11(14)8-16-6-10/h2-6,8,17H,7H2,1H3. The van der Waals surface area contributed by atoms with Crippen molar-refractivity contribution in [3.05, 3.63) is 57.3 Å². The van der Waals surface area contributed by atoms with Crippen LogP contribution in [0.1, 0.15) is 11.1 Å². The largest absolute Gasteiger partial charge is 0.379 e. The highest BCUT2D eigenvalue weighted by Crippen LogP contribution is 2.25. The molecule has 0 aliphatic heterocycles. The Balaban J connectivity index is 2.13. The van der Waals surface area contributed by atoms with Gasteiger partial charge in [-0.2, -0.15) is 0 Å². The molecule has 17 heavy (non-hydrogen) atoms. The van der Waals surface area contributed by atoms with Gasteiger partial charge in [0.05, 0.1) is 10.7 Å². The third-order valence-corrected chi connectivity index (χ3v) is 3.20. The zero-order valence-electron chi connectivity index (χ0n) is 9.37. The fraction of sp³-hybridized carbons (Fsp3) is 0.154. The van der Waals surface area contributed by atoms with E-state index >= 15 is 0 Å². The molecule has 0 aliphatic carbocycles. The molecule has 88 valence electrons. The zero-order valence-corrected chi connectivity index (χ0v) is 11.7. The van der Waals surface area contributed by atoms with Gasteiger partial charge in [-0.05, 0) is 46.1 Å². The lowest BCUT2D eigenvalue weighted by atomic mass is 10.2. The summed E-state index contributed by atoms with van der Waals surface area (Å²) in [5.41, 5.74) is 3.23. The quantitative estimate of drug-likeness (QED) is 0.907. The molecule has 0 fully saturated rings. The van der Waals surface area contributed by atoms with Crippen molar-refractivity contribution in [3.8, 4) is 0 Å². The normalized spacial score (nSPS) is 10.3. The lowest BCUT2D eigenvalue weighted by Gasteiger charge is -2.11. The highest BCUT2D eigenvalue weighted by molar-refractivity contribution is 9.10. The van der Waals surface area contributed by atoms with Gasteiger partial charge in [-0.25, -0.2) is 0 Å². The number of rotatable bonds is 3. The summed E-state index contributed by atoms with van der Waals surface area (Å²) in [7, 11) is 0. The zero-order chi connectivity index (χ0) is 12.3. The highest BCUT2D eigenvalue weighted by Gasteiger charge is 2.03. The van der Waals surface area contributed by atoms with Crippen LogP contribution in [0.5, 0.6) is 0 Å². The predicted octanol–water partition coefficient (Wildman–Crippen LogP) is 4.42. The molecule has 4 heteroatoms. The molecule has 0 amide bonds. The van der Waals surface area contributed by atoms with E-state index in [0.29, 0.717) is 6.54 Å². The van der Waals surface area contributed by atoms with Crippen LogP contribution in [-0.2, 0) is 6.54 Å². The minimum absolute atomic E-state index is 0.705. The van der Waals surface area contributed by atoms with E-state index in [9.17, 15) is 0 Å². The van der Waals surface area contributed by atoms with E-state index < -0.39 is 0 Å². The molecule has 1 heterocycles. The number of anilines is 1. The maximum Gasteiger partial charge on any atom is 0.0640 e. The van der Waals surface area contributed by atoms with Crippen molar-refractivity contribution >= 4 is 33.2 Å². The first-order valence-corrected chi connectivity index (χ1v) is 6.42. The molecule has 2 nitrogen and oxygen atoms in total. The molecule has 0 saturated heterocycles. The Morgan fingerprint density at radius 2 is 2.18 bits per heavy atom. The van der Waals surface area contributed by atoms with Gasteiger partial charge < -0.3 is 5.32 Å². The molecule has 0 saturated carbocycles. The van der Waals surface area contributed by atoms with Crippen molar-refractivity contribution in [2.24, 2.45) is 0 Å². The number of benzene rings is 1. The van der Waals surface area contributed by atoms with Crippen molar-refractivity contribution in [2.75, 3.05) is 5.32 Å². The lowest BCUT2D eigenvalue weighted by Crippen LogP contribution is -2.02. The van der Waals surface area contributed by atoms with Gasteiger partial charge in [0.1, 0.15) is 0 Å². The fourth-order valence-electron chi connectivity index (χ4n) is 1.60. The summed E-state index contributed by atoms with van der Waals surface area (Å²) in [6, 6.07) is 7.90. The molecular formula is C13H12BrClN2. The van der Waals surface area contributed by atoms with Gasteiger partial charge in [-0.15, -0.1) is 0 Å². The third kappa shape index (κ3) is 3.20. The second kappa shape index (κ2) is 5.52. The van der Waals surface area contributed by atoms with Crippen molar-refractivity contribution in [1.29, 1.82) is 0 Å². The van der Waals surface area contributed by atoms with Gasteiger partial charge in [-0.1, -0.05) is 23.7 Å². The number of aryl methyl sites for hydroxylation is 1. The van der Waals surface area contributed by atoms with Gasteiger partial charge in [0, 0.05) is 23.4 Å². The van der Waals surface area contributed by atoms with Crippen LogP contribution in [0.4, 0.5) is 5.69 Å². The minimum Gasteiger partial charge on any atom is -0.379 e. The van der Waals surface area contributed by atoms with E-state index in [1.165, 1.54) is 0 Å². The summed E-state index contributed by atoms with van der Waals surface area (Å²) in [5.74, 6) is 0. The maximum absolute atomic E-state index is 6.14. The Hall–Kier alpha value is -1.06. The average molecular weight is 312 g/mol. The Labute approximate surface area is 114 Å². The first-order valence-electron chi connectivity index (χ1n) is 5.25. The number of hydrogen-bond acceptors (Lipinski definition) is 2. The van der Waals surface area contributed by atoms with Crippen molar-refractivity contribution in [1.82, 2.24) is 4.98 Å². The van der Waals surface area contributed by atoms with E-state index in [4.69, 9.17) is 11.6 Å². The van der Waals surface area contributed by atoms with Crippen LogP contribution in [0.15, 0.2) is 41.1 Å². The van der Waals surface area contributed by atoms with Crippen LogP contribution in [-0.4, -0.2) is 4.98 Å². The molecule has 2 aromatic rings. The number of nitrogens with zero attached hydrogens (tertiary/aromatic N) is 1. The topological polar surface area (TPSA) is 24.9 Å². The molecule has 0 radical (unpaired) electrons. The third-order valence-electron chi connectivity index (χ3n) is 2.45. The first kappa shape index (κ1) is 12.4. The van der Waals surface area contributed by atoms with Gasteiger partial charge in [0.25, 0.3) is 0 Å². The van der Waals surface area contributed by atoms with E-state index in [1.807, 2.05) is 37.4 Å². The monoisotopic (exact) mass is 310 g/mol. The van der Waals surface area contributed by atoms with Gasteiger partial charge in [0.15, 0.2) is 0 Å². The number of para-hydroxylation sites is 1. The Bertz CT molecular complexity index is 508. The highest BCUT2D eigenvalue weighted by atomic mass is 79.9. The van der Waals surface area contributed by atoms with Gasteiger partial charge >= 0.3 is 0 Å². The predicted molar refractivity (Wildman–Crippen MR) is 75.5 cm³/mol. The molecule has 1 aromatic heterocycles. The van der Waals surface area contributed by atoms with Crippen LogP contribution < -0.4 is 5.32 Å². The van der Waals surface area contributed by atoms with Crippen LogP contribution >= 0.6 is 27.5 Å². The molecule has 2 rings (SSSR count). The number of nitrogens with one attached hydrogen (secondary N) is 1. The fourth-order valence-corrected chi connectivity index (χ4v) is 2.30. The summed E-state index contributed by atoms with van der Waals surface area (Å²) in [5, 5.41) is 4.08. The van der Waals surface area contributed by atoms with E-state index in [0.717, 1.165) is 26.3 Å². The van der Waals surface area contributed by atoms with E-state index in [2.05, 4.69) is 26.2 Å². The first-order chi connectivity index (χ1) is 8.16. The number of pyridine rings is 1. The van der Waals surface area contributed by atoms with Crippen LogP contribution in [0.25, 0.3) is 0 Å². The summed E-state index contributed by atoms with van der Waals surface area (Å²) in [6.45, 7) is 2.74. The lowest BCUT2D eigenvalue weighted by molar-refractivity contribution is 1.10. The molecule has 1 aromatic carbocycles. The number of aromatic nitrogens is 1. The minimum atomic E-state index is 0.705. The van der Waals surface area contributed by atoms with Crippen molar-refractivity contribution in [3.63, 3.8) is 0 Å². The Morgan fingerprint density at radius 3 is 2.88 bits per heavy atom. The van der Waals surface area contributed by atoms with Crippen LogP contribution in [0.2, 0.25) is 5.02 Å². The maximum atomic E-state index is 6.14. The molecule has 0 unspecified atom stereocenters. The summed E-state index contributed by atoms with van der Waals surface area (Å²) < 4.78 is 0.979.